The number of likely N-dealkylation sites (N-methyl/N-ethyl adjacent to an activating group) is 1. The smallest absolute Gasteiger partial charge is 0.0791 e. The molecular formula is C10H17BrN2OS. The molecule has 2 N–H and O–H groups in total. The average Bonchev–Trinajstić information content (AvgIpc) is 2.50. The van der Waals surface area contributed by atoms with Crippen LogP contribution < -0.4 is 5.32 Å². The topological polar surface area (TPSA) is 35.5 Å². The van der Waals surface area contributed by atoms with Gasteiger partial charge in [-0.05, 0) is 41.5 Å². The van der Waals surface area contributed by atoms with Crippen LogP contribution in [0.25, 0.3) is 0 Å². The van der Waals surface area contributed by atoms with Crippen molar-refractivity contribution in [3.05, 3.63) is 20.8 Å². The van der Waals surface area contributed by atoms with Crippen LogP contribution >= 0.6 is 27.3 Å². The summed E-state index contributed by atoms with van der Waals surface area (Å²) in [5, 5.41) is 14.9. The number of aliphatic hydroxyl groups excluding tert-OH is 1. The van der Waals surface area contributed by atoms with Gasteiger partial charge in [-0.15, -0.1) is 11.3 Å². The molecular weight excluding hydrogens is 276 g/mol. The molecule has 1 rings (SSSR count). The van der Waals surface area contributed by atoms with Crippen molar-refractivity contribution in [2.24, 2.45) is 0 Å². The molecule has 0 spiro atoms. The normalized spacial score (nSPS) is 13.4. The van der Waals surface area contributed by atoms with Gasteiger partial charge in [0.15, 0.2) is 0 Å². The van der Waals surface area contributed by atoms with Gasteiger partial charge in [0.05, 0.1) is 6.10 Å². The van der Waals surface area contributed by atoms with E-state index in [-0.39, 0.29) is 6.10 Å². The monoisotopic (exact) mass is 292 g/mol. The first-order chi connectivity index (χ1) is 7.09. The molecule has 0 aliphatic heterocycles. The Morgan fingerprint density at radius 2 is 2.33 bits per heavy atom. The molecule has 5 heteroatoms. The van der Waals surface area contributed by atoms with E-state index in [0.29, 0.717) is 13.1 Å². The third-order valence-corrected chi connectivity index (χ3v) is 3.86. The van der Waals surface area contributed by atoms with Gasteiger partial charge in [0.2, 0.25) is 0 Å². The molecule has 1 aromatic rings. The third-order valence-electron chi connectivity index (χ3n) is 1.93. The zero-order valence-corrected chi connectivity index (χ0v) is 11.4. The number of hydrogen-bond acceptors (Lipinski definition) is 4. The molecule has 0 saturated heterocycles. The number of nitrogens with one attached hydrogen (secondary N) is 1. The van der Waals surface area contributed by atoms with Gasteiger partial charge in [0.1, 0.15) is 0 Å². The number of hydrogen-bond donors (Lipinski definition) is 2. The second-order valence-electron chi connectivity index (χ2n) is 3.74. The van der Waals surface area contributed by atoms with Gasteiger partial charge in [0, 0.05) is 29.0 Å². The van der Waals surface area contributed by atoms with E-state index in [4.69, 9.17) is 0 Å². The molecule has 1 heterocycles. The molecule has 15 heavy (non-hydrogen) atoms. The molecule has 0 aromatic carbocycles. The number of aliphatic hydroxyl groups is 1. The Kier molecular flexibility index (Phi) is 5.78. The molecule has 3 nitrogen and oxygen atoms in total. The van der Waals surface area contributed by atoms with Gasteiger partial charge in [0.25, 0.3) is 0 Å². The number of thiophene rings is 1. The van der Waals surface area contributed by atoms with Crippen LogP contribution in [-0.4, -0.2) is 43.3 Å². The van der Waals surface area contributed by atoms with Gasteiger partial charge in [-0.2, -0.15) is 0 Å². The van der Waals surface area contributed by atoms with Crippen molar-refractivity contribution in [1.29, 1.82) is 0 Å². The lowest BCUT2D eigenvalue weighted by Crippen LogP contribution is -2.34. The molecule has 1 atom stereocenters. The van der Waals surface area contributed by atoms with E-state index < -0.39 is 0 Å². The maximum Gasteiger partial charge on any atom is 0.0791 e. The maximum atomic E-state index is 9.61. The summed E-state index contributed by atoms with van der Waals surface area (Å²) in [5.41, 5.74) is 0. The number of halogens is 1. The zero-order chi connectivity index (χ0) is 11.3. The lowest BCUT2D eigenvalue weighted by Gasteiger charge is -2.16. The molecule has 0 aliphatic rings. The molecule has 0 radical (unpaired) electrons. The van der Waals surface area contributed by atoms with Gasteiger partial charge in [-0.25, -0.2) is 0 Å². The SMILES string of the molecule is CN(C)CC(O)CNCc1sccc1Br. The minimum Gasteiger partial charge on any atom is -0.390 e. The molecule has 1 unspecified atom stereocenters. The lowest BCUT2D eigenvalue weighted by atomic mass is 10.3. The van der Waals surface area contributed by atoms with Crippen LogP contribution in [0.2, 0.25) is 0 Å². The first-order valence-electron chi connectivity index (χ1n) is 4.85. The highest BCUT2D eigenvalue weighted by atomic mass is 79.9. The highest BCUT2D eigenvalue weighted by Gasteiger charge is 2.06. The molecule has 0 aliphatic carbocycles. The van der Waals surface area contributed by atoms with Crippen LogP contribution in [0.1, 0.15) is 4.88 Å². The quantitative estimate of drug-likeness (QED) is 0.835. The van der Waals surface area contributed by atoms with Crippen molar-refractivity contribution in [3.8, 4) is 0 Å². The van der Waals surface area contributed by atoms with Gasteiger partial charge in [-0.3, -0.25) is 0 Å². The van der Waals surface area contributed by atoms with E-state index in [2.05, 4.69) is 26.6 Å². The minimum absolute atomic E-state index is 0.307. The minimum atomic E-state index is -0.307. The highest BCUT2D eigenvalue weighted by molar-refractivity contribution is 9.10. The van der Waals surface area contributed by atoms with Crippen LogP contribution in [0.15, 0.2) is 15.9 Å². The van der Waals surface area contributed by atoms with Gasteiger partial charge in [-0.1, -0.05) is 0 Å². The summed E-state index contributed by atoms with van der Waals surface area (Å²) in [5.74, 6) is 0. The summed E-state index contributed by atoms with van der Waals surface area (Å²) in [6, 6.07) is 2.04. The molecule has 0 amide bonds. The first kappa shape index (κ1) is 13.1. The van der Waals surface area contributed by atoms with E-state index in [1.807, 2.05) is 25.1 Å². The van der Waals surface area contributed by atoms with Crippen LogP contribution in [0.4, 0.5) is 0 Å². The van der Waals surface area contributed by atoms with Crippen molar-refractivity contribution in [2.75, 3.05) is 27.2 Å². The Labute approximate surface area is 103 Å². The largest absolute Gasteiger partial charge is 0.390 e. The molecule has 1 aromatic heterocycles. The third kappa shape index (κ3) is 5.08. The fourth-order valence-electron chi connectivity index (χ4n) is 1.29. The van der Waals surface area contributed by atoms with Gasteiger partial charge >= 0.3 is 0 Å². The van der Waals surface area contributed by atoms with Crippen molar-refractivity contribution in [2.45, 2.75) is 12.6 Å². The molecule has 0 fully saturated rings. The van der Waals surface area contributed by atoms with Crippen LogP contribution in [0.5, 0.6) is 0 Å². The Morgan fingerprint density at radius 3 is 2.87 bits per heavy atom. The summed E-state index contributed by atoms with van der Waals surface area (Å²) >= 11 is 5.19. The zero-order valence-electron chi connectivity index (χ0n) is 9.03. The Morgan fingerprint density at radius 1 is 1.60 bits per heavy atom. The van der Waals surface area contributed by atoms with E-state index in [1.165, 1.54) is 4.88 Å². The Balaban J connectivity index is 2.19. The standard InChI is InChI=1S/C10H17BrN2OS/c1-13(2)7-8(14)5-12-6-10-9(11)3-4-15-10/h3-4,8,12,14H,5-7H2,1-2H3. The number of rotatable bonds is 6. The molecule has 0 saturated carbocycles. The van der Waals surface area contributed by atoms with Crippen LogP contribution in [-0.2, 0) is 6.54 Å². The second-order valence-corrected chi connectivity index (χ2v) is 5.59. The van der Waals surface area contributed by atoms with Crippen molar-refractivity contribution in [1.82, 2.24) is 10.2 Å². The first-order valence-corrected chi connectivity index (χ1v) is 6.52. The fraction of sp³-hybridized carbons (Fsp3) is 0.600. The van der Waals surface area contributed by atoms with E-state index in [1.54, 1.807) is 11.3 Å². The predicted octanol–water partition coefficient (Wildman–Crippen LogP) is 1.52. The Bertz CT molecular complexity index is 291. The highest BCUT2D eigenvalue weighted by Crippen LogP contribution is 2.21. The summed E-state index contributed by atoms with van der Waals surface area (Å²) < 4.78 is 1.14. The van der Waals surface area contributed by atoms with Crippen molar-refractivity contribution in [3.63, 3.8) is 0 Å². The molecule has 0 bridgehead atoms. The second kappa shape index (κ2) is 6.60. The summed E-state index contributed by atoms with van der Waals surface area (Å²) in [4.78, 5) is 3.25. The molecule has 86 valence electrons. The predicted molar refractivity (Wildman–Crippen MR) is 68.3 cm³/mol. The van der Waals surface area contributed by atoms with Crippen LogP contribution in [0.3, 0.4) is 0 Å². The summed E-state index contributed by atoms with van der Waals surface area (Å²) in [7, 11) is 3.91. The average molecular weight is 293 g/mol. The Hall–Kier alpha value is 0.0600. The number of nitrogens with zero attached hydrogens (tertiary/aromatic N) is 1. The van der Waals surface area contributed by atoms with E-state index in [0.717, 1.165) is 11.0 Å². The van der Waals surface area contributed by atoms with Gasteiger partial charge < -0.3 is 15.3 Å². The van der Waals surface area contributed by atoms with Crippen molar-refractivity contribution < 1.29 is 5.11 Å². The maximum absolute atomic E-state index is 9.61. The summed E-state index contributed by atoms with van der Waals surface area (Å²) in [6.45, 7) is 2.13. The van der Waals surface area contributed by atoms with Crippen molar-refractivity contribution >= 4 is 27.3 Å². The van der Waals surface area contributed by atoms with Crippen LogP contribution in [0, 0.1) is 0 Å². The fourth-order valence-corrected chi connectivity index (χ4v) is 2.75. The van der Waals surface area contributed by atoms with E-state index >= 15 is 0 Å². The summed E-state index contributed by atoms with van der Waals surface area (Å²) in [6.07, 6.45) is -0.307. The lowest BCUT2D eigenvalue weighted by molar-refractivity contribution is 0.134. The van der Waals surface area contributed by atoms with E-state index in [9.17, 15) is 5.11 Å².